The van der Waals surface area contributed by atoms with Gasteiger partial charge in [0.25, 0.3) is 0 Å². The van der Waals surface area contributed by atoms with Gasteiger partial charge in [0.15, 0.2) is 0 Å². The highest BCUT2D eigenvalue weighted by molar-refractivity contribution is 5.76. The van der Waals surface area contributed by atoms with E-state index in [-0.39, 0.29) is 0 Å². The van der Waals surface area contributed by atoms with Gasteiger partial charge in [0.1, 0.15) is 5.82 Å². The quantitative estimate of drug-likeness (QED) is 0.548. The van der Waals surface area contributed by atoms with Crippen LogP contribution in [0.4, 0.5) is 0 Å². The number of hydrogen-bond donors (Lipinski definition) is 1. The van der Waals surface area contributed by atoms with Gasteiger partial charge in [-0.15, -0.1) is 0 Å². The second kappa shape index (κ2) is 8.56. The maximum absolute atomic E-state index is 6.32. The predicted molar refractivity (Wildman–Crippen MR) is 135 cm³/mol. The Hall–Kier alpha value is -2.17. The van der Waals surface area contributed by atoms with Crippen molar-refractivity contribution in [2.75, 3.05) is 6.54 Å². The summed E-state index contributed by atoms with van der Waals surface area (Å²) >= 11 is 0. The van der Waals surface area contributed by atoms with Crippen LogP contribution < -0.4 is 5.73 Å². The van der Waals surface area contributed by atoms with Crippen molar-refractivity contribution in [3.05, 3.63) is 66.0 Å². The van der Waals surface area contributed by atoms with Crippen LogP contribution in [0.5, 0.6) is 0 Å². The first-order chi connectivity index (χ1) is 16.1. The molecule has 2 unspecified atom stereocenters. The van der Waals surface area contributed by atoms with E-state index in [0.29, 0.717) is 29.6 Å². The van der Waals surface area contributed by atoms with Crippen LogP contribution in [0.25, 0.3) is 11.0 Å². The first kappa shape index (κ1) is 21.4. The van der Waals surface area contributed by atoms with Gasteiger partial charge in [-0.1, -0.05) is 42.5 Å². The number of nitrogens with two attached hydrogens (primary N) is 1. The van der Waals surface area contributed by atoms with Gasteiger partial charge in [-0.3, -0.25) is 4.90 Å². The van der Waals surface area contributed by atoms with Crippen molar-refractivity contribution < 1.29 is 0 Å². The Kier molecular flexibility index (Phi) is 5.54. The van der Waals surface area contributed by atoms with Crippen LogP contribution in [0, 0.1) is 6.92 Å². The summed E-state index contributed by atoms with van der Waals surface area (Å²) in [5, 5.41) is 0. The zero-order valence-corrected chi connectivity index (χ0v) is 20.0. The Balaban J connectivity index is 1.20. The maximum Gasteiger partial charge on any atom is 0.106 e. The summed E-state index contributed by atoms with van der Waals surface area (Å²) < 4.78 is 2.55. The number of para-hydroxylation sites is 2. The molecule has 3 aromatic rings. The Morgan fingerprint density at radius 2 is 1.55 bits per heavy atom. The predicted octanol–water partition coefficient (Wildman–Crippen LogP) is 5.74. The maximum atomic E-state index is 6.32. The van der Waals surface area contributed by atoms with E-state index in [9.17, 15) is 0 Å². The molecular weight excluding hydrogens is 404 g/mol. The number of hydrogen-bond acceptors (Lipinski definition) is 3. The van der Waals surface area contributed by atoms with Crippen molar-refractivity contribution in [1.29, 1.82) is 0 Å². The summed E-state index contributed by atoms with van der Waals surface area (Å²) in [7, 11) is 0. The second-order valence-corrected chi connectivity index (χ2v) is 11.0. The van der Waals surface area contributed by atoms with Crippen molar-refractivity contribution in [2.45, 2.75) is 94.3 Å². The highest BCUT2D eigenvalue weighted by Gasteiger charge is 2.43. The lowest BCUT2D eigenvalue weighted by Gasteiger charge is -2.44. The third kappa shape index (κ3) is 3.81. The van der Waals surface area contributed by atoms with Crippen LogP contribution in [-0.2, 0) is 5.41 Å². The minimum atomic E-state index is 0.310. The lowest BCUT2D eigenvalue weighted by atomic mass is 9.66. The molecule has 1 aromatic heterocycles. The van der Waals surface area contributed by atoms with Crippen molar-refractivity contribution in [3.8, 4) is 0 Å². The number of benzene rings is 2. The van der Waals surface area contributed by atoms with E-state index in [4.69, 9.17) is 10.7 Å². The van der Waals surface area contributed by atoms with Crippen molar-refractivity contribution in [1.82, 2.24) is 14.5 Å². The summed E-state index contributed by atoms with van der Waals surface area (Å²) in [4.78, 5) is 7.76. The lowest BCUT2D eigenvalue weighted by molar-refractivity contribution is 0.0910. The molecule has 2 atom stereocenters. The highest BCUT2D eigenvalue weighted by Crippen LogP contribution is 2.46. The topological polar surface area (TPSA) is 47.1 Å². The first-order valence-electron chi connectivity index (χ1n) is 13.1. The van der Waals surface area contributed by atoms with Crippen LogP contribution in [0.3, 0.4) is 0 Å². The van der Waals surface area contributed by atoms with Gasteiger partial charge in [-0.25, -0.2) is 4.98 Å². The fraction of sp³-hybridized carbons (Fsp3) is 0.552. The van der Waals surface area contributed by atoms with E-state index >= 15 is 0 Å². The zero-order valence-electron chi connectivity index (χ0n) is 20.0. The van der Waals surface area contributed by atoms with Crippen LogP contribution >= 0.6 is 0 Å². The number of fused-ring (bicyclic) bond motifs is 3. The minimum Gasteiger partial charge on any atom is -0.328 e. The molecular formula is C29H38N4. The zero-order chi connectivity index (χ0) is 22.4. The van der Waals surface area contributed by atoms with Crippen LogP contribution in [0.2, 0.25) is 0 Å². The average molecular weight is 443 g/mol. The Bertz CT molecular complexity index is 1080. The molecule has 3 aliphatic rings. The number of piperidine rings is 1. The molecule has 4 nitrogen and oxygen atoms in total. The normalized spacial score (nSPS) is 32.4. The van der Waals surface area contributed by atoms with Crippen LogP contribution in [-0.4, -0.2) is 39.1 Å². The standard InChI is InChI=1S/C29H38N4/c1-21-31-27-9-5-6-10-28(27)33(21)26-19-24-11-12-25(20-26)32(24)18-17-29(15-13-23(30)14-16-29)22-7-3-2-4-8-22/h2-10,23-26H,11-20,30H2,1H3/t23-,24?,25?,26?,29+. The summed E-state index contributed by atoms with van der Waals surface area (Å²) in [6.07, 6.45) is 11.3. The smallest absolute Gasteiger partial charge is 0.106 e. The van der Waals surface area contributed by atoms with E-state index in [1.165, 1.54) is 62.8 Å². The monoisotopic (exact) mass is 442 g/mol. The van der Waals surface area contributed by atoms with Gasteiger partial charge in [-0.2, -0.15) is 0 Å². The number of nitrogens with zero attached hydrogens (tertiary/aromatic N) is 3. The van der Waals surface area contributed by atoms with Crippen molar-refractivity contribution >= 4 is 11.0 Å². The molecule has 0 spiro atoms. The van der Waals surface area contributed by atoms with Gasteiger partial charge >= 0.3 is 0 Å². The minimum absolute atomic E-state index is 0.310. The number of aryl methyl sites for hydroxylation is 1. The number of aromatic nitrogens is 2. The fourth-order valence-corrected chi connectivity index (χ4v) is 7.46. The van der Waals surface area contributed by atoms with Crippen molar-refractivity contribution in [3.63, 3.8) is 0 Å². The molecule has 33 heavy (non-hydrogen) atoms. The molecule has 6 rings (SSSR count). The molecule has 1 aliphatic carbocycles. The van der Waals surface area contributed by atoms with Crippen molar-refractivity contribution in [2.24, 2.45) is 5.73 Å². The van der Waals surface area contributed by atoms with E-state index in [1.54, 1.807) is 5.56 Å². The molecule has 0 radical (unpaired) electrons. The summed E-state index contributed by atoms with van der Waals surface area (Å²) in [6.45, 7) is 3.42. The third-order valence-electron chi connectivity index (χ3n) is 9.22. The van der Waals surface area contributed by atoms with E-state index in [1.807, 2.05) is 0 Å². The SMILES string of the molecule is Cc1nc2ccccc2n1C1CC2CCC(C1)N2CC[C@]1(c2ccccc2)CC[C@@H](N)CC1. The molecule has 2 saturated heterocycles. The molecule has 2 N–H and O–H groups in total. The molecule has 1 saturated carbocycles. The van der Waals surface area contributed by atoms with Crippen LogP contribution in [0.1, 0.15) is 75.2 Å². The van der Waals surface area contributed by atoms with Gasteiger partial charge in [0.2, 0.25) is 0 Å². The molecule has 2 bridgehead atoms. The Labute approximate surface area is 198 Å². The van der Waals surface area contributed by atoms with Gasteiger partial charge in [0, 0.05) is 24.2 Å². The molecule has 3 heterocycles. The molecule has 174 valence electrons. The summed E-state index contributed by atoms with van der Waals surface area (Å²) in [5.41, 5.74) is 10.6. The highest BCUT2D eigenvalue weighted by atomic mass is 15.2. The number of rotatable bonds is 5. The number of imidazole rings is 1. The molecule has 4 heteroatoms. The van der Waals surface area contributed by atoms with Gasteiger partial charge in [-0.05, 0) is 94.4 Å². The largest absolute Gasteiger partial charge is 0.328 e. The van der Waals surface area contributed by atoms with E-state index in [0.717, 1.165) is 18.4 Å². The second-order valence-electron chi connectivity index (χ2n) is 11.0. The Morgan fingerprint density at radius 3 is 2.27 bits per heavy atom. The van der Waals surface area contributed by atoms with E-state index in [2.05, 4.69) is 71.0 Å². The molecule has 2 aromatic carbocycles. The van der Waals surface area contributed by atoms with Gasteiger partial charge < -0.3 is 10.3 Å². The molecule has 2 aliphatic heterocycles. The summed E-state index contributed by atoms with van der Waals surface area (Å²) in [6, 6.07) is 22.4. The average Bonchev–Trinajstić information content (AvgIpc) is 3.30. The van der Waals surface area contributed by atoms with Crippen LogP contribution in [0.15, 0.2) is 54.6 Å². The summed E-state index contributed by atoms with van der Waals surface area (Å²) in [5.74, 6) is 1.18. The Morgan fingerprint density at radius 1 is 0.879 bits per heavy atom. The third-order valence-corrected chi connectivity index (χ3v) is 9.22. The van der Waals surface area contributed by atoms with E-state index < -0.39 is 0 Å². The molecule has 3 fully saturated rings. The first-order valence-corrected chi connectivity index (χ1v) is 13.1. The molecule has 0 amide bonds. The fourth-order valence-electron chi connectivity index (χ4n) is 7.46. The lowest BCUT2D eigenvalue weighted by Crippen LogP contribution is -2.46. The van der Waals surface area contributed by atoms with Gasteiger partial charge in [0.05, 0.1) is 11.0 Å².